The molecule has 0 saturated carbocycles. The van der Waals surface area contributed by atoms with Crippen molar-refractivity contribution in [3.8, 4) is 5.75 Å². The zero-order valence-electron chi connectivity index (χ0n) is 9.92. The molecule has 0 aliphatic rings. The third kappa shape index (κ3) is 2.72. The number of hydrogen-bond acceptors (Lipinski definition) is 2. The molecule has 0 bridgehead atoms. The van der Waals surface area contributed by atoms with Crippen LogP contribution in [0.1, 0.15) is 39.2 Å². The van der Waals surface area contributed by atoms with E-state index in [1.54, 1.807) is 0 Å². The minimum Gasteiger partial charge on any atom is -0.494 e. The van der Waals surface area contributed by atoms with Gasteiger partial charge in [-0.15, -0.1) is 0 Å². The van der Waals surface area contributed by atoms with Crippen molar-refractivity contribution in [1.82, 2.24) is 0 Å². The molecule has 2 nitrogen and oxygen atoms in total. The number of hydrogen-bond donors (Lipinski definition) is 1. The van der Waals surface area contributed by atoms with E-state index < -0.39 is 0 Å². The Labute approximate surface area is 92.4 Å². The Bertz CT molecular complexity index is 305. The van der Waals surface area contributed by atoms with Crippen LogP contribution in [0.5, 0.6) is 5.75 Å². The van der Waals surface area contributed by atoms with Gasteiger partial charge in [0.25, 0.3) is 0 Å². The molecule has 0 fully saturated rings. The number of benzene rings is 1. The van der Waals surface area contributed by atoms with E-state index in [0.717, 1.165) is 18.6 Å². The monoisotopic (exact) mass is 207 g/mol. The molecule has 0 atom stereocenters. The lowest BCUT2D eigenvalue weighted by Gasteiger charge is -2.27. The predicted octanol–water partition coefficient (Wildman–Crippen LogP) is 3.06. The lowest BCUT2D eigenvalue weighted by molar-refractivity contribution is 0.337. The molecule has 2 N–H and O–H groups in total. The highest BCUT2D eigenvalue weighted by Gasteiger charge is 2.22. The fraction of sp³-hybridized carbons (Fsp3) is 0.538. The van der Waals surface area contributed by atoms with Gasteiger partial charge in [0.15, 0.2) is 0 Å². The summed E-state index contributed by atoms with van der Waals surface area (Å²) in [6.07, 6.45) is 1.89. The second kappa shape index (κ2) is 5.17. The molecule has 1 aromatic rings. The largest absolute Gasteiger partial charge is 0.494 e. The molecule has 0 heterocycles. The van der Waals surface area contributed by atoms with Crippen LogP contribution in [-0.2, 0) is 5.54 Å². The normalized spacial score (nSPS) is 11.5. The topological polar surface area (TPSA) is 35.2 Å². The third-order valence-corrected chi connectivity index (χ3v) is 2.98. The molecule has 1 rings (SSSR count). The fourth-order valence-electron chi connectivity index (χ4n) is 1.72. The molecule has 0 spiro atoms. The van der Waals surface area contributed by atoms with Gasteiger partial charge in [0.05, 0.1) is 6.61 Å². The molecular weight excluding hydrogens is 186 g/mol. The van der Waals surface area contributed by atoms with E-state index in [0.29, 0.717) is 6.61 Å². The summed E-state index contributed by atoms with van der Waals surface area (Å²) in [6.45, 7) is 6.93. The van der Waals surface area contributed by atoms with Gasteiger partial charge >= 0.3 is 0 Å². The Morgan fingerprint density at radius 2 is 1.87 bits per heavy atom. The van der Waals surface area contributed by atoms with Crippen LogP contribution < -0.4 is 10.5 Å². The minimum atomic E-state index is -0.215. The van der Waals surface area contributed by atoms with Gasteiger partial charge in [-0.25, -0.2) is 0 Å². The van der Waals surface area contributed by atoms with Gasteiger partial charge in [0, 0.05) is 5.54 Å². The van der Waals surface area contributed by atoms with E-state index in [9.17, 15) is 0 Å². The van der Waals surface area contributed by atoms with Crippen molar-refractivity contribution in [2.75, 3.05) is 6.61 Å². The van der Waals surface area contributed by atoms with Crippen molar-refractivity contribution < 1.29 is 4.74 Å². The SMILES string of the molecule is CCOc1cccc(C(N)(CC)CC)c1. The van der Waals surface area contributed by atoms with Crippen LogP contribution in [0.25, 0.3) is 0 Å². The maximum atomic E-state index is 6.33. The van der Waals surface area contributed by atoms with E-state index in [1.807, 2.05) is 19.1 Å². The third-order valence-electron chi connectivity index (χ3n) is 2.98. The van der Waals surface area contributed by atoms with Gasteiger partial charge in [-0.2, -0.15) is 0 Å². The van der Waals surface area contributed by atoms with Crippen molar-refractivity contribution in [2.45, 2.75) is 39.2 Å². The summed E-state index contributed by atoms with van der Waals surface area (Å²) >= 11 is 0. The number of nitrogens with two attached hydrogens (primary N) is 1. The van der Waals surface area contributed by atoms with Crippen LogP contribution in [0.3, 0.4) is 0 Å². The highest BCUT2D eigenvalue weighted by molar-refractivity contribution is 5.33. The highest BCUT2D eigenvalue weighted by atomic mass is 16.5. The first kappa shape index (κ1) is 12.1. The fourth-order valence-corrected chi connectivity index (χ4v) is 1.72. The molecule has 84 valence electrons. The second-order valence-corrected chi connectivity index (χ2v) is 3.82. The quantitative estimate of drug-likeness (QED) is 0.805. The first-order valence-electron chi connectivity index (χ1n) is 5.68. The van der Waals surface area contributed by atoms with E-state index >= 15 is 0 Å². The molecule has 0 radical (unpaired) electrons. The maximum Gasteiger partial charge on any atom is 0.119 e. The zero-order chi connectivity index (χ0) is 11.3. The van der Waals surface area contributed by atoms with E-state index in [-0.39, 0.29) is 5.54 Å². The van der Waals surface area contributed by atoms with Crippen LogP contribution in [-0.4, -0.2) is 6.61 Å². The summed E-state index contributed by atoms with van der Waals surface area (Å²) in [5.41, 5.74) is 7.28. The molecule has 0 unspecified atom stereocenters. The summed E-state index contributed by atoms with van der Waals surface area (Å²) in [7, 11) is 0. The number of rotatable bonds is 5. The smallest absolute Gasteiger partial charge is 0.119 e. The van der Waals surface area contributed by atoms with Crippen LogP contribution >= 0.6 is 0 Å². The van der Waals surface area contributed by atoms with Gasteiger partial charge in [-0.05, 0) is 37.5 Å². The van der Waals surface area contributed by atoms with Gasteiger partial charge < -0.3 is 10.5 Å². The average Bonchev–Trinajstić information content (AvgIpc) is 2.29. The molecule has 0 aliphatic heterocycles. The van der Waals surface area contributed by atoms with Crippen molar-refractivity contribution in [3.63, 3.8) is 0 Å². The molecule has 0 saturated heterocycles. The molecule has 2 heteroatoms. The molecule has 1 aromatic carbocycles. The van der Waals surface area contributed by atoms with Gasteiger partial charge in [0.2, 0.25) is 0 Å². The van der Waals surface area contributed by atoms with Crippen molar-refractivity contribution in [2.24, 2.45) is 5.73 Å². The van der Waals surface area contributed by atoms with Crippen LogP contribution in [0.15, 0.2) is 24.3 Å². The molecule has 0 amide bonds. The van der Waals surface area contributed by atoms with Crippen LogP contribution in [0.2, 0.25) is 0 Å². The Balaban J connectivity index is 2.98. The Hall–Kier alpha value is -1.02. The van der Waals surface area contributed by atoms with Crippen molar-refractivity contribution in [3.05, 3.63) is 29.8 Å². The second-order valence-electron chi connectivity index (χ2n) is 3.82. The Morgan fingerprint density at radius 1 is 1.20 bits per heavy atom. The summed E-state index contributed by atoms with van der Waals surface area (Å²) < 4.78 is 5.48. The van der Waals surface area contributed by atoms with Gasteiger partial charge in [0.1, 0.15) is 5.75 Å². The van der Waals surface area contributed by atoms with E-state index in [1.165, 1.54) is 5.56 Å². The molecular formula is C13H21NO. The van der Waals surface area contributed by atoms with Crippen molar-refractivity contribution in [1.29, 1.82) is 0 Å². The zero-order valence-corrected chi connectivity index (χ0v) is 9.92. The average molecular weight is 207 g/mol. The van der Waals surface area contributed by atoms with E-state index in [2.05, 4.69) is 26.0 Å². The van der Waals surface area contributed by atoms with Crippen molar-refractivity contribution >= 4 is 0 Å². The molecule has 0 aromatic heterocycles. The molecule has 15 heavy (non-hydrogen) atoms. The van der Waals surface area contributed by atoms with Gasteiger partial charge in [-0.3, -0.25) is 0 Å². The van der Waals surface area contributed by atoms with E-state index in [4.69, 9.17) is 10.5 Å². The Morgan fingerprint density at radius 3 is 2.40 bits per heavy atom. The first-order valence-corrected chi connectivity index (χ1v) is 5.68. The Kier molecular flexibility index (Phi) is 4.15. The lowest BCUT2D eigenvalue weighted by atomic mass is 9.86. The summed E-state index contributed by atoms with van der Waals surface area (Å²) in [6, 6.07) is 8.11. The lowest BCUT2D eigenvalue weighted by Crippen LogP contribution is -2.35. The minimum absolute atomic E-state index is 0.215. The summed E-state index contributed by atoms with van der Waals surface area (Å²) in [5.74, 6) is 0.909. The highest BCUT2D eigenvalue weighted by Crippen LogP contribution is 2.28. The van der Waals surface area contributed by atoms with Crippen LogP contribution in [0.4, 0.5) is 0 Å². The predicted molar refractivity (Wildman–Crippen MR) is 64.1 cm³/mol. The van der Waals surface area contributed by atoms with Crippen LogP contribution in [0, 0.1) is 0 Å². The summed E-state index contributed by atoms with van der Waals surface area (Å²) in [5, 5.41) is 0. The maximum absolute atomic E-state index is 6.33. The molecule has 0 aliphatic carbocycles. The van der Waals surface area contributed by atoms with Gasteiger partial charge in [-0.1, -0.05) is 26.0 Å². The first-order chi connectivity index (χ1) is 7.16. The summed E-state index contributed by atoms with van der Waals surface area (Å²) in [4.78, 5) is 0. The number of ether oxygens (including phenoxy) is 1. The standard InChI is InChI=1S/C13H21NO/c1-4-13(14,5-2)11-8-7-9-12(10-11)15-6-3/h7-10H,4-6,14H2,1-3H3.